The first-order chi connectivity index (χ1) is 23.5. The third-order valence-corrected chi connectivity index (χ3v) is 9.72. The lowest BCUT2D eigenvalue weighted by atomic mass is 9.88. The molecule has 2 aromatic carbocycles. The zero-order valence-electron chi connectivity index (χ0n) is 31.0. The number of aromatic nitrogens is 2. The molecule has 0 saturated carbocycles. The van der Waals surface area contributed by atoms with Gasteiger partial charge in [-0.05, 0) is 109 Å². The maximum absolute atomic E-state index is 14.2. The highest BCUT2D eigenvalue weighted by Crippen LogP contribution is 2.38. The van der Waals surface area contributed by atoms with Gasteiger partial charge in [-0.1, -0.05) is 92.7 Å². The van der Waals surface area contributed by atoms with E-state index in [-0.39, 0.29) is 29.0 Å². The van der Waals surface area contributed by atoms with Crippen LogP contribution in [0.4, 0.5) is 16.2 Å². The van der Waals surface area contributed by atoms with Crippen LogP contribution in [0.25, 0.3) is 22.2 Å². The molecule has 49 heavy (non-hydrogen) atoms. The van der Waals surface area contributed by atoms with E-state index in [1.165, 1.54) is 0 Å². The van der Waals surface area contributed by atoms with Crippen LogP contribution in [0.15, 0.2) is 65.6 Å². The van der Waals surface area contributed by atoms with Crippen LogP contribution in [0.2, 0.25) is 0 Å². The molecule has 0 bridgehead atoms. The Labute approximate surface area is 293 Å². The van der Waals surface area contributed by atoms with E-state index in [4.69, 9.17) is 0 Å². The molecule has 0 saturated heterocycles. The molecule has 4 rings (SSSR count). The second kappa shape index (κ2) is 16.8. The molecule has 2 N–H and O–H groups in total. The Morgan fingerprint density at radius 1 is 0.898 bits per heavy atom. The predicted octanol–water partition coefficient (Wildman–Crippen LogP) is 9.93. The van der Waals surface area contributed by atoms with Crippen molar-refractivity contribution < 1.29 is 4.79 Å². The Morgan fingerprint density at radius 3 is 2.16 bits per heavy atom. The van der Waals surface area contributed by atoms with E-state index in [0.717, 1.165) is 77.7 Å². The molecule has 7 heteroatoms. The molecule has 0 spiro atoms. The van der Waals surface area contributed by atoms with Gasteiger partial charge in [-0.25, -0.2) is 9.78 Å². The molecule has 0 fully saturated rings. The SMILES string of the molecule is CCCCN(C(=O)Nc1c(C(C)C)cc(-c2cccc(C#CC(CC)(CC)N(CC)CC)c2)cc1C(C)C)c1cc2cccnc2[nH]c1=O. The average molecular weight is 662 g/mol. The lowest BCUT2D eigenvalue weighted by molar-refractivity contribution is 0.144. The largest absolute Gasteiger partial charge is 0.326 e. The Bertz CT molecular complexity index is 1830. The zero-order valence-corrected chi connectivity index (χ0v) is 31.0. The van der Waals surface area contributed by atoms with Gasteiger partial charge in [-0.15, -0.1) is 0 Å². The smallest absolute Gasteiger partial charge is 0.307 e. The number of benzene rings is 2. The highest BCUT2D eigenvalue weighted by atomic mass is 16.2. The van der Waals surface area contributed by atoms with Crippen LogP contribution < -0.4 is 15.8 Å². The molecule has 0 atom stereocenters. The third kappa shape index (κ3) is 8.43. The topological polar surface area (TPSA) is 81.3 Å². The number of H-pyrrole nitrogens is 1. The number of nitrogens with one attached hydrogen (secondary N) is 2. The minimum Gasteiger partial charge on any atom is -0.307 e. The number of carbonyl (C=O) groups excluding carboxylic acids is 1. The van der Waals surface area contributed by atoms with E-state index in [0.29, 0.717) is 17.9 Å². The lowest BCUT2D eigenvalue weighted by Gasteiger charge is -2.38. The van der Waals surface area contributed by atoms with E-state index in [2.05, 4.69) is 131 Å². The average Bonchev–Trinajstić information content (AvgIpc) is 3.10. The van der Waals surface area contributed by atoms with Gasteiger partial charge < -0.3 is 10.3 Å². The van der Waals surface area contributed by atoms with Gasteiger partial charge in [-0.3, -0.25) is 14.6 Å². The number of carbonyl (C=O) groups is 1. The van der Waals surface area contributed by atoms with Crippen molar-refractivity contribution >= 4 is 28.4 Å². The van der Waals surface area contributed by atoms with Gasteiger partial charge in [0.2, 0.25) is 0 Å². The van der Waals surface area contributed by atoms with Crippen molar-refractivity contribution in [2.75, 3.05) is 29.9 Å². The normalized spacial score (nSPS) is 11.7. The van der Waals surface area contributed by atoms with Crippen molar-refractivity contribution in [1.29, 1.82) is 0 Å². The van der Waals surface area contributed by atoms with Crippen molar-refractivity contribution in [2.24, 2.45) is 0 Å². The molecule has 2 amide bonds. The molecular formula is C42H55N5O2. The van der Waals surface area contributed by atoms with Crippen molar-refractivity contribution in [1.82, 2.24) is 14.9 Å². The summed E-state index contributed by atoms with van der Waals surface area (Å²) < 4.78 is 0. The van der Waals surface area contributed by atoms with E-state index in [1.807, 2.05) is 12.1 Å². The minimum atomic E-state index is -0.337. The van der Waals surface area contributed by atoms with Crippen LogP contribution in [-0.4, -0.2) is 46.1 Å². The number of unbranched alkanes of at least 4 members (excludes halogenated alkanes) is 1. The van der Waals surface area contributed by atoms with Gasteiger partial charge in [0.25, 0.3) is 5.56 Å². The minimum absolute atomic E-state index is 0.138. The lowest BCUT2D eigenvalue weighted by Crippen LogP contribution is -2.46. The third-order valence-electron chi connectivity index (χ3n) is 9.72. The van der Waals surface area contributed by atoms with Gasteiger partial charge >= 0.3 is 6.03 Å². The van der Waals surface area contributed by atoms with E-state index in [9.17, 15) is 9.59 Å². The molecule has 2 heterocycles. The van der Waals surface area contributed by atoms with E-state index >= 15 is 0 Å². The summed E-state index contributed by atoms with van der Waals surface area (Å²) in [5, 5.41) is 4.05. The summed E-state index contributed by atoms with van der Waals surface area (Å²) in [7, 11) is 0. The molecule has 0 aliphatic carbocycles. The maximum atomic E-state index is 14.2. The fourth-order valence-corrected chi connectivity index (χ4v) is 6.70. The maximum Gasteiger partial charge on any atom is 0.326 e. The molecule has 260 valence electrons. The van der Waals surface area contributed by atoms with Crippen LogP contribution in [-0.2, 0) is 0 Å². The zero-order chi connectivity index (χ0) is 35.7. The fourth-order valence-electron chi connectivity index (χ4n) is 6.70. The predicted molar refractivity (Wildman–Crippen MR) is 207 cm³/mol. The monoisotopic (exact) mass is 661 g/mol. The number of pyridine rings is 2. The first-order valence-corrected chi connectivity index (χ1v) is 18.1. The number of amides is 2. The molecule has 0 radical (unpaired) electrons. The molecular weight excluding hydrogens is 606 g/mol. The number of urea groups is 1. The molecule has 2 aromatic heterocycles. The summed E-state index contributed by atoms with van der Waals surface area (Å²) in [6, 6.07) is 18.0. The van der Waals surface area contributed by atoms with Crippen LogP contribution in [0, 0.1) is 11.8 Å². The summed E-state index contributed by atoms with van der Waals surface area (Å²) in [6.07, 6.45) is 5.24. The highest BCUT2D eigenvalue weighted by molar-refractivity contribution is 6.03. The van der Waals surface area contributed by atoms with Gasteiger partial charge in [0, 0.05) is 29.4 Å². The summed E-state index contributed by atoms with van der Waals surface area (Å²) in [5.41, 5.74) is 6.43. The number of nitrogens with zero attached hydrogens (tertiary/aromatic N) is 3. The van der Waals surface area contributed by atoms with Gasteiger partial charge in [-0.2, -0.15) is 0 Å². The summed E-state index contributed by atoms with van der Waals surface area (Å²) in [5.74, 6) is 7.48. The van der Waals surface area contributed by atoms with Crippen LogP contribution in [0.1, 0.15) is 117 Å². The fraction of sp³-hybridized carbons (Fsp3) is 0.452. The van der Waals surface area contributed by atoms with Gasteiger partial charge in [0.05, 0.1) is 5.54 Å². The van der Waals surface area contributed by atoms with Gasteiger partial charge in [0.15, 0.2) is 0 Å². The standard InChI is InChI=1S/C42H55N5O2/c1-10-15-24-47(37-28-33-20-17-23-43-39(33)45-40(37)48)41(49)44-38-35(29(6)7)26-34(27-36(38)30(8)9)32-19-16-18-31(25-32)21-22-42(11-2,12-3)46(13-4)14-5/h16-20,23,25-30H,10-15,24H2,1-9H3,(H,44,49)(H,43,45,48). The first kappa shape index (κ1) is 37.4. The molecule has 0 unspecified atom stereocenters. The Kier molecular flexibility index (Phi) is 12.8. The molecule has 0 aliphatic heterocycles. The Balaban J connectivity index is 1.77. The Morgan fingerprint density at radius 2 is 1.57 bits per heavy atom. The molecule has 0 aliphatic rings. The second-order valence-electron chi connectivity index (χ2n) is 13.4. The van der Waals surface area contributed by atoms with Crippen LogP contribution in [0.3, 0.4) is 0 Å². The van der Waals surface area contributed by atoms with E-state index < -0.39 is 0 Å². The van der Waals surface area contributed by atoms with Crippen LogP contribution in [0.5, 0.6) is 0 Å². The number of hydrogen-bond donors (Lipinski definition) is 2. The number of fused-ring (bicyclic) bond motifs is 1. The number of anilines is 2. The van der Waals surface area contributed by atoms with Crippen molar-refractivity contribution in [3.63, 3.8) is 0 Å². The van der Waals surface area contributed by atoms with Crippen LogP contribution >= 0.6 is 0 Å². The molecule has 4 aromatic rings. The highest BCUT2D eigenvalue weighted by Gasteiger charge is 2.29. The number of rotatable bonds is 13. The number of hydrogen-bond acceptors (Lipinski definition) is 4. The van der Waals surface area contributed by atoms with Crippen molar-refractivity contribution in [3.05, 3.63) is 87.8 Å². The Hall–Kier alpha value is -4.41. The summed E-state index contributed by atoms with van der Waals surface area (Å²) in [4.78, 5) is 38.6. The van der Waals surface area contributed by atoms with E-state index in [1.54, 1.807) is 17.2 Å². The first-order valence-electron chi connectivity index (χ1n) is 18.1. The van der Waals surface area contributed by atoms with Gasteiger partial charge in [0.1, 0.15) is 11.3 Å². The second-order valence-corrected chi connectivity index (χ2v) is 13.4. The van der Waals surface area contributed by atoms with Crippen molar-refractivity contribution in [3.8, 4) is 23.0 Å². The summed E-state index contributed by atoms with van der Waals surface area (Å²) in [6.45, 7) is 21.9. The number of aromatic amines is 1. The quantitative estimate of drug-likeness (QED) is 0.140. The van der Waals surface area contributed by atoms with Crippen molar-refractivity contribution in [2.45, 2.75) is 105 Å². The molecule has 7 nitrogen and oxygen atoms in total. The summed E-state index contributed by atoms with van der Waals surface area (Å²) >= 11 is 0.